The van der Waals surface area contributed by atoms with Crippen LogP contribution in [-0.4, -0.2) is 87.3 Å². The maximum absolute atomic E-state index is 10.8. The fourth-order valence-electron chi connectivity index (χ4n) is 3.35. The van der Waals surface area contributed by atoms with E-state index in [-0.39, 0.29) is 24.0 Å². The molecule has 0 aromatic heterocycles. The summed E-state index contributed by atoms with van der Waals surface area (Å²) in [5.41, 5.74) is 1.38. The molecule has 2 rings (SSSR count). The van der Waals surface area contributed by atoms with Gasteiger partial charge < -0.3 is 30.0 Å². The molecule has 0 spiro atoms. The van der Waals surface area contributed by atoms with Gasteiger partial charge in [-0.1, -0.05) is 24.3 Å². The van der Waals surface area contributed by atoms with Crippen molar-refractivity contribution in [3.63, 3.8) is 0 Å². The minimum atomic E-state index is -0.855. The highest BCUT2D eigenvalue weighted by molar-refractivity contribution is 14.0. The van der Waals surface area contributed by atoms with Crippen molar-refractivity contribution in [2.75, 3.05) is 65.8 Å². The number of hydrogen-bond donors (Lipinski definition) is 3. The van der Waals surface area contributed by atoms with Crippen LogP contribution >= 0.6 is 24.0 Å². The molecular weight excluding hydrogens is 523 g/mol. The second kappa shape index (κ2) is 16.6. The van der Waals surface area contributed by atoms with Gasteiger partial charge in [-0.2, -0.15) is 0 Å². The number of β-amino-alcohol motifs (C(OH)–C–C–N with tert-alkyl or cyclic N) is 1. The Morgan fingerprint density at radius 2 is 1.88 bits per heavy atom. The first-order valence-electron chi connectivity index (χ1n) is 11.3. The number of nitrogens with zero attached hydrogens (tertiary/aromatic N) is 2. The number of hydrogen-bond acceptors (Lipinski definition) is 6. The van der Waals surface area contributed by atoms with E-state index in [9.17, 15) is 5.11 Å². The van der Waals surface area contributed by atoms with Gasteiger partial charge in [-0.05, 0) is 31.9 Å². The predicted octanol–water partition coefficient (Wildman–Crippen LogP) is 2.00. The van der Waals surface area contributed by atoms with Gasteiger partial charge in [-0.25, -0.2) is 4.99 Å². The van der Waals surface area contributed by atoms with Gasteiger partial charge in [0.05, 0.1) is 45.2 Å². The molecule has 1 aromatic carbocycles. The van der Waals surface area contributed by atoms with E-state index in [1.165, 1.54) is 0 Å². The van der Waals surface area contributed by atoms with E-state index >= 15 is 0 Å². The molecule has 0 radical (unpaired) electrons. The second-order valence-electron chi connectivity index (χ2n) is 8.00. The lowest BCUT2D eigenvalue weighted by molar-refractivity contribution is -0.0201. The molecule has 184 valence electrons. The summed E-state index contributed by atoms with van der Waals surface area (Å²) in [5, 5.41) is 17.3. The summed E-state index contributed by atoms with van der Waals surface area (Å²) in [6.07, 6.45) is 0. The number of ether oxygens (including phenoxy) is 3. The normalized spacial score (nSPS) is 16.8. The summed E-state index contributed by atoms with van der Waals surface area (Å²) >= 11 is 0. The van der Waals surface area contributed by atoms with Crippen LogP contribution in [0, 0.1) is 0 Å². The van der Waals surface area contributed by atoms with Gasteiger partial charge in [-0.15, -0.1) is 24.0 Å². The minimum Gasteiger partial charge on any atom is -0.387 e. The van der Waals surface area contributed by atoms with Crippen molar-refractivity contribution in [2.45, 2.75) is 39.5 Å². The zero-order valence-corrected chi connectivity index (χ0v) is 22.1. The summed E-state index contributed by atoms with van der Waals surface area (Å²) in [5.74, 6) is 0.697. The quantitative estimate of drug-likeness (QED) is 0.146. The van der Waals surface area contributed by atoms with Crippen LogP contribution in [-0.2, 0) is 27.4 Å². The van der Waals surface area contributed by atoms with Gasteiger partial charge in [0.1, 0.15) is 0 Å². The fraction of sp³-hybridized carbons (Fsp3) is 0.696. The number of halogens is 1. The monoisotopic (exact) mass is 564 g/mol. The smallest absolute Gasteiger partial charge is 0.191 e. The maximum Gasteiger partial charge on any atom is 0.191 e. The Morgan fingerprint density at radius 1 is 1.16 bits per heavy atom. The van der Waals surface area contributed by atoms with E-state index in [2.05, 4.69) is 38.7 Å². The number of guanidine groups is 1. The zero-order valence-electron chi connectivity index (χ0n) is 19.8. The van der Waals surface area contributed by atoms with Crippen molar-refractivity contribution in [3.05, 3.63) is 35.4 Å². The lowest BCUT2D eigenvalue weighted by atomic mass is 10.1. The van der Waals surface area contributed by atoms with Crippen LogP contribution < -0.4 is 10.6 Å². The van der Waals surface area contributed by atoms with Gasteiger partial charge in [0, 0.05) is 39.3 Å². The van der Waals surface area contributed by atoms with Crippen LogP contribution in [0.5, 0.6) is 0 Å². The Kier molecular flexibility index (Phi) is 15.1. The minimum absolute atomic E-state index is 0. The van der Waals surface area contributed by atoms with Gasteiger partial charge in [-0.3, -0.25) is 4.90 Å². The van der Waals surface area contributed by atoms with Crippen molar-refractivity contribution in [1.82, 2.24) is 15.5 Å². The second-order valence-corrected chi connectivity index (χ2v) is 8.00. The van der Waals surface area contributed by atoms with Gasteiger partial charge in [0.15, 0.2) is 5.96 Å². The first-order chi connectivity index (χ1) is 15.0. The summed E-state index contributed by atoms with van der Waals surface area (Å²) in [4.78, 5) is 6.92. The van der Waals surface area contributed by atoms with Crippen LogP contribution in [0.25, 0.3) is 0 Å². The van der Waals surface area contributed by atoms with Crippen LogP contribution in [0.2, 0.25) is 0 Å². The molecule has 0 saturated carbocycles. The SMILES string of the molecule is CCNC(=NCc1cccc(COCCOCC)c1)NCC(C)(O)CN1CCOCC1.I. The third-order valence-electron chi connectivity index (χ3n) is 4.90. The molecule has 1 aliphatic rings. The molecule has 0 aliphatic carbocycles. The van der Waals surface area contributed by atoms with E-state index in [1.54, 1.807) is 0 Å². The highest BCUT2D eigenvalue weighted by Gasteiger charge is 2.25. The molecule has 1 unspecified atom stereocenters. The molecule has 1 saturated heterocycles. The number of benzene rings is 1. The summed E-state index contributed by atoms with van der Waals surface area (Å²) in [7, 11) is 0. The summed E-state index contributed by atoms with van der Waals surface area (Å²) in [6.45, 7) is 13.8. The largest absolute Gasteiger partial charge is 0.387 e. The summed E-state index contributed by atoms with van der Waals surface area (Å²) in [6, 6.07) is 8.26. The molecule has 1 aromatic rings. The lowest BCUT2D eigenvalue weighted by Crippen LogP contribution is -2.52. The van der Waals surface area contributed by atoms with E-state index in [1.807, 2.05) is 26.8 Å². The van der Waals surface area contributed by atoms with Crippen LogP contribution in [0.15, 0.2) is 29.3 Å². The van der Waals surface area contributed by atoms with Crippen molar-refractivity contribution in [2.24, 2.45) is 4.99 Å². The van der Waals surface area contributed by atoms with E-state index < -0.39 is 5.60 Å². The zero-order chi connectivity index (χ0) is 22.4. The van der Waals surface area contributed by atoms with Crippen LogP contribution in [0.4, 0.5) is 0 Å². The molecule has 1 atom stereocenters. The summed E-state index contributed by atoms with van der Waals surface area (Å²) < 4.78 is 16.3. The average Bonchev–Trinajstić information content (AvgIpc) is 2.76. The third-order valence-corrected chi connectivity index (χ3v) is 4.90. The van der Waals surface area contributed by atoms with Gasteiger partial charge >= 0.3 is 0 Å². The molecule has 9 heteroatoms. The molecule has 1 heterocycles. The highest BCUT2D eigenvalue weighted by Crippen LogP contribution is 2.09. The van der Waals surface area contributed by atoms with Crippen molar-refractivity contribution in [3.8, 4) is 0 Å². The first-order valence-corrected chi connectivity index (χ1v) is 11.3. The third kappa shape index (κ3) is 12.3. The molecule has 0 amide bonds. The van der Waals surface area contributed by atoms with Crippen molar-refractivity contribution >= 4 is 29.9 Å². The Balaban J connectivity index is 0.00000512. The molecule has 0 bridgehead atoms. The van der Waals surface area contributed by atoms with E-state index in [4.69, 9.17) is 14.2 Å². The predicted molar refractivity (Wildman–Crippen MR) is 139 cm³/mol. The number of nitrogens with one attached hydrogen (secondary N) is 2. The Hall–Kier alpha value is -0.980. The molecule has 3 N–H and O–H groups in total. The number of aliphatic imine (C=N–C) groups is 1. The number of rotatable bonds is 13. The number of aliphatic hydroxyl groups is 1. The van der Waals surface area contributed by atoms with Gasteiger partial charge in [0.2, 0.25) is 0 Å². The van der Waals surface area contributed by atoms with Crippen LogP contribution in [0.1, 0.15) is 31.9 Å². The number of morpholine rings is 1. The lowest BCUT2D eigenvalue weighted by Gasteiger charge is -2.34. The Morgan fingerprint density at radius 3 is 2.59 bits per heavy atom. The standard InChI is InChI=1S/C23H40N4O4.HI/c1-4-24-22(26-18-23(3,28)19-27-9-11-30-12-10-27)25-16-20-7-6-8-21(15-20)17-31-14-13-29-5-2;/h6-8,15,28H,4-5,9-14,16-19H2,1-3H3,(H2,24,25,26);1H. The molecular formula is C23H41IN4O4. The van der Waals surface area contributed by atoms with Gasteiger partial charge in [0.25, 0.3) is 0 Å². The molecule has 1 fully saturated rings. The van der Waals surface area contributed by atoms with E-state index in [0.717, 1.165) is 44.0 Å². The van der Waals surface area contributed by atoms with Crippen LogP contribution in [0.3, 0.4) is 0 Å². The molecule has 1 aliphatic heterocycles. The average molecular weight is 565 g/mol. The fourth-order valence-corrected chi connectivity index (χ4v) is 3.35. The Labute approximate surface area is 210 Å². The first kappa shape index (κ1) is 29.1. The topological polar surface area (TPSA) is 87.6 Å². The Bertz CT molecular complexity index is 655. The maximum atomic E-state index is 10.8. The van der Waals surface area contributed by atoms with E-state index in [0.29, 0.717) is 52.0 Å². The molecule has 8 nitrogen and oxygen atoms in total. The highest BCUT2D eigenvalue weighted by atomic mass is 127. The van der Waals surface area contributed by atoms with Crippen molar-refractivity contribution in [1.29, 1.82) is 0 Å². The molecule has 32 heavy (non-hydrogen) atoms. The van der Waals surface area contributed by atoms with Crippen molar-refractivity contribution < 1.29 is 19.3 Å².